The van der Waals surface area contributed by atoms with Crippen molar-refractivity contribution in [2.45, 2.75) is 18.9 Å². The summed E-state index contributed by atoms with van der Waals surface area (Å²) in [6.45, 7) is 2.00. The number of aromatic nitrogens is 1. The summed E-state index contributed by atoms with van der Waals surface area (Å²) in [6.07, 6.45) is 5.61. The molecule has 0 aromatic carbocycles. The van der Waals surface area contributed by atoms with Gasteiger partial charge in [-0.25, -0.2) is 0 Å². The lowest BCUT2D eigenvalue weighted by atomic mass is 10.1. The number of carbonyl (C=O) groups is 1. The maximum atomic E-state index is 12.5. The highest BCUT2D eigenvalue weighted by Crippen LogP contribution is 2.25. The van der Waals surface area contributed by atoms with Crippen LogP contribution in [0, 0.1) is 0 Å². The van der Waals surface area contributed by atoms with Gasteiger partial charge in [-0.2, -0.15) is 0 Å². The van der Waals surface area contributed by atoms with Gasteiger partial charge in [0.2, 0.25) is 5.78 Å². The Morgan fingerprint density at radius 3 is 2.84 bits per heavy atom. The third-order valence-corrected chi connectivity index (χ3v) is 4.16. The molecule has 0 unspecified atom stereocenters. The van der Waals surface area contributed by atoms with Gasteiger partial charge >= 0.3 is 0 Å². The third-order valence-electron chi connectivity index (χ3n) is 3.54. The van der Waals surface area contributed by atoms with E-state index in [9.17, 15) is 4.79 Å². The highest BCUT2D eigenvalue weighted by molar-refractivity contribution is 9.10. The van der Waals surface area contributed by atoms with Crippen LogP contribution in [-0.2, 0) is 0 Å². The van der Waals surface area contributed by atoms with Crippen LogP contribution < -0.4 is 5.32 Å². The number of rotatable bonds is 3. The van der Waals surface area contributed by atoms with Gasteiger partial charge in [0.05, 0.1) is 16.4 Å². The van der Waals surface area contributed by atoms with E-state index in [1.54, 1.807) is 6.07 Å². The topological polar surface area (TPSA) is 47.2 Å². The summed E-state index contributed by atoms with van der Waals surface area (Å²) in [7, 11) is 0. The zero-order valence-corrected chi connectivity index (χ0v) is 12.0. The highest BCUT2D eigenvalue weighted by atomic mass is 79.9. The van der Waals surface area contributed by atoms with Crippen LogP contribution in [0.1, 0.15) is 35.1 Å². The summed E-state index contributed by atoms with van der Waals surface area (Å²) in [4.78, 5) is 12.5. The highest BCUT2D eigenvalue weighted by Gasteiger charge is 2.23. The van der Waals surface area contributed by atoms with E-state index in [-0.39, 0.29) is 5.78 Å². The van der Waals surface area contributed by atoms with Crippen LogP contribution in [-0.4, -0.2) is 23.4 Å². The van der Waals surface area contributed by atoms with Gasteiger partial charge < -0.3 is 14.3 Å². The standard InChI is InChI=1S/C14H15BrN2O2/c15-11-5-9-19-14(11)13(18)12-2-1-8-17(12)10-3-6-16-7-4-10/h1-2,5,8-10,16H,3-4,6-7H2. The van der Waals surface area contributed by atoms with Crippen molar-refractivity contribution in [3.8, 4) is 0 Å². The van der Waals surface area contributed by atoms with Crippen LogP contribution in [0.15, 0.2) is 39.5 Å². The Balaban J connectivity index is 1.91. The van der Waals surface area contributed by atoms with Gasteiger partial charge in [-0.15, -0.1) is 0 Å². The second kappa shape index (κ2) is 5.35. The Bertz CT molecular complexity index is 582. The molecule has 2 aromatic rings. The van der Waals surface area contributed by atoms with Gasteiger partial charge in [0.15, 0.2) is 5.76 Å². The average Bonchev–Trinajstić information content (AvgIpc) is 3.07. The first-order valence-electron chi connectivity index (χ1n) is 6.42. The molecule has 0 spiro atoms. The van der Waals surface area contributed by atoms with Crippen LogP contribution in [0.4, 0.5) is 0 Å². The summed E-state index contributed by atoms with van der Waals surface area (Å²) in [5, 5.41) is 3.34. The van der Waals surface area contributed by atoms with Gasteiger partial charge in [0.25, 0.3) is 0 Å². The van der Waals surface area contributed by atoms with Crippen molar-refractivity contribution in [3.63, 3.8) is 0 Å². The van der Waals surface area contributed by atoms with Crippen LogP contribution >= 0.6 is 15.9 Å². The van der Waals surface area contributed by atoms with Crippen molar-refractivity contribution < 1.29 is 9.21 Å². The van der Waals surface area contributed by atoms with Gasteiger partial charge in [0, 0.05) is 12.2 Å². The number of nitrogens with zero attached hydrogens (tertiary/aromatic N) is 1. The van der Waals surface area contributed by atoms with E-state index >= 15 is 0 Å². The fourth-order valence-corrected chi connectivity index (χ4v) is 2.94. The molecule has 19 heavy (non-hydrogen) atoms. The van der Waals surface area contributed by atoms with E-state index in [0.717, 1.165) is 25.9 Å². The minimum Gasteiger partial charge on any atom is -0.460 e. The lowest BCUT2D eigenvalue weighted by Gasteiger charge is -2.25. The van der Waals surface area contributed by atoms with Crippen molar-refractivity contribution in [2.24, 2.45) is 0 Å². The SMILES string of the molecule is O=C(c1occc1Br)c1cccn1C1CCNCC1. The van der Waals surface area contributed by atoms with Gasteiger partial charge in [-0.3, -0.25) is 4.79 Å². The molecule has 1 aliphatic rings. The number of hydrogen-bond donors (Lipinski definition) is 1. The maximum absolute atomic E-state index is 12.5. The predicted molar refractivity (Wildman–Crippen MR) is 75.4 cm³/mol. The quantitative estimate of drug-likeness (QED) is 0.884. The number of carbonyl (C=O) groups excluding carboxylic acids is 1. The molecule has 1 N–H and O–H groups in total. The first-order valence-corrected chi connectivity index (χ1v) is 7.22. The maximum Gasteiger partial charge on any atom is 0.245 e. The normalized spacial score (nSPS) is 16.7. The van der Waals surface area contributed by atoms with Crippen LogP contribution in [0.5, 0.6) is 0 Å². The van der Waals surface area contributed by atoms with Crippen LogP contribution in [0.3, 0.4) is 0 Å². The molecule has 0 radical (unpaired) electrons. The molecule has 0 aliphatic carbocycles. The average molecular weight is 323 g/mol. The minimum absolute atomic E-state index is 0.0691. The number of piperidine rings is 1. The molecule has 0 bridgehead atoms. The molecule has 0 amide bonds. The van der Waals surface area contributed by atoms with Crippen molar-refractivity contribution in [1.82, 2.24) is 9.88 Å². The largest absolute Gasteiger partial charge is 0.460 e. The second-order valence-electron chi connectivity index (χ2n) is 4.71. The molecule has 1 fully saturated rings. The summed E-state index contributed by atoms with van der Waals surface area (Å²) in [5.41, 5.74) is 0.697. The van der Waals surface area contributed by atoms with Crippen LogP contribution in [0.2, 0.25) is 0 Å². The van der Waals surface area contributed by atoms with Crippen LogP contribution in [0.25, 0.3) is 0 Å². The Morgan fingerprint density at radius 2 is 2.16 bits per heavy atom. The van der Waals surface area contributed by atoms with E-state index in [4.69, 9.17) is 4.42 Å². The Hall–Kier alpha value is -1.33. The first-order chi connectivity index (χ1) is 9.27. The fraction of sp³-hybridized carbons (Fsp3) is 0.357. The molecule has 5 heteroatoms. The zero-order chi connectivity index (χ0) is 13.2. The van der Waals surface area contributed by atoms with Crippen molar-refractivity contribution in [1.29, 1.82) is 0 Å². The smallest absolute Gasteiger partial charge is 0.245 e. The zero-order valence-electron chi connectivity index (χ0n) is 10.4. The predicted octanol–water partition coefficient (Wildman–Crippen LogP) is 3.00. The van der Waals surface area contributed by atoms with Crippen molar-refractivity contribution in [3.05, 3.63) is 46.6 Å². The van der Waals surface area contributed by atoms with Crippen molar-refractivity contribution in [2.75, 3.05) is 13.1 Å². The number of furan rings is 1. The summed E-state index contributed by atoms with van der Waals surface area (Å²) < 4.78 is 8.06. The Labute approximate surface area is 119 Å². The van der Waals surface area contributed by atoms with Gasteiger partial charge in [0.1, 0.15) is 0 Å². The molecule has 3 rings (SSSR count). The molecule has 100 valence electrons. The summed E-state index contributed by atoms with van der Waals surface area (Å²) >= 11 is 3.34. The van der Waals surface area contributed by atoms with Gasteiger partial charge in [-0.1, -0.05) is 0 Å². The second-order valence-corrected chi connectivity index (χ2v) is 5.56. The molecule has 0 atom stereocenters. The molecule has 2 aromatic heterocycles. The Morgan fingerprint density at radius 1 is 1.37 bits per heavy atom. The summed E-state index contributed by atoms with van der Waals surface area (Å²) in [5.74, 6) is 0.300. The molecule has 1 aliphatic heterocycles. The van der Waals surface area contributed by atoms with E-state index in [2.05, 4.69) is 25.8 Å². The number of nitrogens with one attached hydrogen (secondary N) is 1. The fourth-order valence-electron chi connectivity index (χ4n) is 2.56. The van der Waals surface area contributed by atoms with Gasteiger partial charge in [-0.05, 0) is 60.1 Å². The summed E-state index contributed by atoms with van der Waals surface area (Å²) in [6, 6.07) is 5.92. The molecule has 4 nitrogen and oxygen atoms in total. The molecule has 3 heterocycles. The number of hydrogen-bond acceptors (Lipinski definition) is 3. The molecule has 0 saturated carbocycles. The Kier molecular flexibility index (Phi) is 3.57. The third kappa shape index (κ3) is 2.40. The minimum atomic E-state index is -0.0691. The van der Waals surface area contributed by atoms with E-state index in [0.29, 0.717) is 22.0 Å². The molecular formula is C14H15BrN2O2. The molecular weight excluding hydrogens is 308 g/mol. The van der Waals surface area contributed by atoms with E-state index in [1.807, 2.05) is 18.3 Å². The monoisotopic (exact) mass is 322 g/mol. The van der Waals surface area contributed by atoms with E-state index < -0.39 is 0 Å². The molecule has 1 saturated heterocycles. The number of halogens is 1. The lowest BCUT2D eigenvalue weighted by Crippen LogP contribution is -2.30. The lowest BCUT2D eigenvalue weighted by molar-refractivity contribution is 0.0996. The van der Waals surface area contributed by atoms with E-state index in [1.165, 1.54) is 6.26 Å². The number of ketones is 1. The van der Waals surface area contributed by atoms with Crippen molar-refractivity contribution >= 4 is 21.7 Å². The first kappa shape index (κ1) is 12.7.